The number of hydrogen-bond donors (Lipinski definition) is 1. The molecular formula is C23H24F3N5O3. The lowest BCUT2D eigenvalue weighted by atomic mass is 10.0. The van der Waals surface area contributed by atoms with Crippen LogP contribution < -0.4 is 15.0 Å². The molecule has 180 valence electrons. The van der Waals surface area contributed by atoms with Gasteiger partial charge in [-0.25, -0.2) is 4.68 Å². The first kappa shape index (κ1) is 22.2. The number of anilines is 2. The SMILES string of the molecule is COc1ccccc1N1CCN(C(=O)c2cc3n(n2)[C@H](C(F)(F)F)C[C@@H](c2ccco2)N3)CC1. The van der Waals surface area contributed by atoms with E-state index >= 15 is 0 Å². The van der Waals surface area contributed by atoms with E-state index in [9.17, 15) is 18.0 Å². The fourth-order valence-electron chi connectivity index (χ4n) is 4.56. The summed E-state index contributed by atoms with van der Waals surface area (Å²) in [6.07, 6.45) is -3.38. The van der Waals surface area contributed by atoms with E-state index in [1.165, 1.54) is 12.3 Å². The zero-order valence-electron chi connectivity index (χ0n) is 18.5. The first-order chi connectivity index (χ1) is 16.3. The quantitative estimate of drug-likeness (QED) is 0.612. The van der Waals surface area contributed by atoms with Crippen LogP contribution in [-0.4, -0.2) is 60.1 Å². The van der Waals surface area contributed by atoms with Gasteiger partial charge in [0, 0.05) is 38.7 Å². The number of hydrogen-bond acceptors (Lipinski definition) is 6. The number of methoxy groups -OCH3 is 1. The number of nitrogens with one attached hydrogen (secondary N) is 1. The minimum atomic E-state index is -4.52. The standard InChI is InChI=1S/C23H24F3N5O3/c1-33-19-6-3-2-5-17(19)29-8-10-30(11-9-29)22(32)16-14-21-27-15(18-7-4-12-34-18)13-20(23(24,25)26)31(21)28-16/h2-7,12,14-15,20,27H,8-11,13H2,1H3/t15-,20-/m0/s1. The molecule has 1 saturated heterocycles. The molecule has 2 aromatic heterocycles. The Hall–Kier alpha value is -3.63. The van der Waals surface area contributed by atoms with Crippen LogP contribution in [0.15, 0.2) is 53.1 Å². The van der Waals surface area contributed by atoms with E-state index in [-0.39, 0.29) is 23.8 Å². The van der Waals surface area contributed by atoms with Crippen LogP contribution in [0.3, 0.4) is 0 Å². The summed E-state index contributed by atoms with van der Waals surface area (Å²) in [5.74, 6) is 0.909. The number of furan rings is 1. The van der Waals surface area contributed by atoms with Gasteiger partial charge >= 0.3 is 6.18 Å². The molecule has 0 saturated carbocycles. The van der Waals surface area contributed by atoms with Gasteiger partial charge in [-0.05, 0) is 24.3 Å². The highest BCUT2D eigenvalue weighted by Crippen LogP contribution is 2.43. The molecule has 2 aliphatic rings. The molecule has 1 fully saturated rings. The van der Waals surface area contributed by atoms with Crippen LogP contribution in [0.2, 0.25) is 0 Å². The van der Waals surface area contributed by atoms with E-state index in [0.717, 1.165) is 16.1 Å². The van der Waals surface area contributed by atoms with Gasteiger partial charge in [0.05, 0.1) is 25.1 Å². The minimum Gasteiger partial charge on any atom is -0.495 e. The number of alkyl halides is 3. The molecule has 2 aliphatic heterocycles. The van der Waals surface area contributed by atoms with Gasteiger partial charge in [0.25, 0.3) is 5.91 Å². The van der Waals surface area contributed by atoms with Crippen LogP contribution in [0.5, 0.6) is 5.75 Å². The van der Waals surface area contributed by atoms with Gasteiger partial charge in [-0.3, -0.25) is 4.79 Å². The summed E-state index contributed by atoms with van der Waals surface area (Å²) in [6.45, 7) is 1.99. The third-order valence-corrected chi connectivity index (χ3v) is 6.29. The highest BCUT2D eigenvalue weighted by Gasteiger charge is 2.47. The molecule has 3 aromatic rings. The molecule has 0 bridgehead atoms. The molecule has 0 unspecified atom stereocenters. The second kappa shape index (κ2) is 8.62. The molecule has 1 N–H and O–H groups in total. The molecule has 5 rings (SSSR count). The van der Waals surface area contributed by atoms with Crippen molar-refractivity contribution in [3.8, 4) is 5.75 Å². The predicted octanol–water partition coefficient (Wildman–Crippen LogP) is 4.11. The first-order valence-corrected chi connectivity index (χ1v) is 11.0. The van der Waals surface area contributed by atoms with Crippen molar-refractivity contribution in [3.05, 3.63) is 60.2 Å². The maximum atomic E-state index is 13.8. The molecule has 0 radical (unpaired) electrons. The Labute approximate surface area is 193 Å². The van der Waals surface area contributed by atoms with Crippen LogP contribution in [-0.2, 0) is 0 Å². The molecule has 2 atom stereocenters. The summed E-state index contributed by atoms with van der Waals surface area (Å²) in [5, 5.41) is 7.11. The maximum absolute atomic E-state index is 13.8. The van der Waals surface area contributed by atoms with Crippen molar-refractivity contribution in [3.63, 3.8) is 0 Å². The highest BCUT2D eigenvalue weighted by atomic mass is 19.4. The van der Waals surface area contributed by atoms with Crippen LogP contribution in [0, 0.1) is 0 Å². The van der Waals surface area contributed by atoms with E-state index in [1.807, 2.05) is 24.3 Å². The van der Waals surface area contributed by atoms with Gasteiger partial charge in [0.15, 0.2) is 11.7 Å². The second-order valence-electron chi connectivity index (χ2n) is 8.32. The molecule has 0 aliphatic carbocycles. The van der Waals surface area contributed by atoms with E-state index in [2.05, 4.69) is 15.3 Å². The van der Waals surface area contributed by atoms with Gasteiger partial charge in [-0.1, -0.05) is 12.1 Å². The summed E-state index contributed by atoms with van der Waals surface area (Å²) in [4.78, 5) is 16.9. The molecule has 0 spiro atoms. The van der Waals surface area contributed by atoms with Gasteiger partial charge in [-0.2, -0.15) is 18.3 Å². The Bertz CT molecular complexity index is 1150. The van der Waals surface area contributed by atoms with Gasteiger partial charge in [0.1, 0.15) is 17.3 Å². The summed E-state index contributed by atoms with van der Waals surface area (Å²) in [5.41, 5.74) is 0.929. The van der Waals surface area contributed by atoms with E-state index in [1.54, 1.807) is 24.1 Å². The normalized spacial score (nSPS) is 20.6. The third-order valence-electron chi connectivity index (χ3n) is 6.29. The number of piperazine rings is 1. The topological polar surface area (TPSA) is 75.8 Å². The summed E-state index contributed by atoms with van der Waals surface area (Å²) >= 11 is 0. The number of fused-ring (bicyclic) bond motifs is 1. The van der Waals surface area contributed by atoms with Crippen molar-refractivity contribution in [2.45, 2.75) is 24.7 Å². The smallest absolute Gasteiger partial charge is 0.410 e. The number of ether oxygens (including phenoxy) is 1. The minimum absolute atomic E-state index is 0.0115. The monoisotopic (exact) mass is 475 g/mol. The van der Waals surface area contributed by atoms with Crippen molar-refractivity contribution < 1.29 is 27.1 Å². The van der Waals surface area contributed by atoms with Crippen molar-refractivity contribution in [2.24, 2.45) is 0 Å². The molecular weight excluding hydrogens is 451 g/mol. The number of nitrogens with zero attached hydrogens (tertiary/aromatic N) is 4. The molecule has 4 heterocycles. The lowest BCUT2D eigenvalue weighted by Crippen LogP contribution is -2.49. The summed E-state index contributed by atoms with van der Waals surface area (Å²) < 4.78 is 53.1. The van der Waals surface area contributed by atoms with Crippen molar-refractivity contribution in [2.75, 3.05) is 43.5 Å². The van der Waals surface area contributed by atoms with Crippen molar-refractivity contribution >= 4 is 17.4 Å². The van der Waals surface area contributed by atoms with E-state index < -0.39 is 18.3 Å². The third kappa shape index (κ3) is 4.06. The van der Waals surface area contributed by atoms with Crippen LogP contribution in [0.1, 0.15) is 34.8 Å². The molecule has 1 amide bonds. The Morgan fingerprint density at radius 3 is 2.59 bits per heavy atom. The number of carbonyl (C=O) groups is 1. The molecule has 11 heteroatoms. The van der Waals surface area contributed by atoms with Gasteiger partial charge in [-0.15, -0.1) is 0 Å². The number of halogens is 3. The first-order valence-electron chi connectivity index (χ1n) is 11.0. The Balaban J connectivity index is 1.33. The Kier molecular flexibility index (Phi) is 5.62. The van der Waals surface area contributed by atoms with Crippen molar-refractivity contribution in [1.29, 1.82) is 0 Å². The van der Waals surface area contributed by atoms with E-state index in [4.69, 9.17) is 9.15 Å². The number of rotatable bonds is 4. The van der Waals surface area contributed by atoms with Gasteiger partial charge in [0.2, 0.25) is 0 Å². The number of aromatic nitrogens is 2. The fourth-order valence-corrected chi connectivity index (χ4v) is 4.56. The van der Waals surface area contributed by atoms with Gasteiger partial charge < -0.3 is 24.3 Å². The Morgan fingerprint density at radius 2 is 1.91 bits per heavy atom. The fraction of sp³-hybridized carbons (Fsp3) is 0.391. The van der Waals surface area contributed by atoms with Crippen molar-refractivity contribution in [1.82, 2.24) is 14.7 Å². The predicted molar refractivity (Wildman–Crippen MR) is 118 cm³/mol. The zero-order valence-corrected chi connectivity index (χ0v) is 18.5. The molecule has 34 heavy (non-hydrogen) atoms. The molecule has 1 aromatic carbocycles. The number of carbonyl (C=O) groups excluding carboxylic acids is 1. The Morgan fingerprint density at radius 1 is 1.15 bits per heavy atom. The number of para-hydroxylation sites is 2. The second-order valence-corrected chi connectivity index (χ2v) is 8.32. The van der Waals surface area contributed by atoms with Crippen LogP contribution in [0.25, 0.3) is 0 Å². The van der Waals surface area contributed by atoms with Crippen LogP contribution in [0.4, 0.5) is 24.7 Å². The van der Waals surface area contributed by atoms with Crippen LogP contribution >= 0.6 is 0 Å². The average Bonchev–Trinajstić information content (AvgIpc) is 3.52. The number of amides is 1. The maximum Gasteiger partial charge on any atom is 0.410 e. The lowest BCUT2D eigenvalue weighted by Gasteiger charge is -2.36. The highest BCUT2D eigenvalue weighted by molar-refractivity contribution is 5.93. The number of benzene rings is 1. The molecule has 8 nitrogen and oxygen atoms in total. The summed E-state index contributed by atoms with van der Waals surface area (Å²) in [6, 6.07) is 9.77. The largest absolute Gasteiger partial charge is 0.495 e. The lowest BCUT2D eigenvalue weighted by molar-refractivity contribution is -0.174. The van der Waals surface area contributed by atoms with E-state index in [0.29, 0.717) is 31.9 Å². The zero-order chi connectivity index (χ0) is 23.9. The average molecular weight is 475 g/mol. The summed E-state index contributed by atoms with van der Waals surface area (Å²) in [7, 11) is 1.61.